The molecule has 5 nitrogen and oxygen atoms in total. The van der Waals surface area contributed by atoms with E-state index in [0.29, 0.717) is 25.5 Å². The van der Waals surface area contributed by atoms with Crippen LogP contribution in [0.25, 0.3) is 0 Å². The zero-order chi connectivity index (χ0) is 9.97. The third kappa shape index (κ3) is 1.95. The van der Waals surface area contributed by atoms with Gasteiger partial charge >= 0.3 is 0 Å². The Morgan fingerprint density at radius 3 is 3.07 bits per heavy atom. The van der Waals surface area contributed by atoms with Gasteiger partial charge in [-0.15, -0.1) is 0 Å². The molecule has 0 amide bonds. The zero-order valence-electron chi connectivity index (χ0n) is 8.09. The molecule has 78 valence electrons. The summed E-state index contributed by atoms with van der Waals surface area (Å²) in [5.74, 6) is 0. The normalized spacial score (nSPS) is 24.9. The molecule has 0 saturated carbocycles. The minimum atomic E-state index is -0.698. The van der Waals surface area contributed by atoms with Crippen LogP contribution in [-0.4, -0.2) is 40.6 Å². The molecule has 2 rings (SSSR count). The monoisotopic (exact) mass is 198 g/mol. The standard InChI is InChI=1S/C9H14N2O3/c1-11-4-7(10-6-11)9(12)8-5-13-2-3-14-8/h4,6,8-9,12H,2-3,5H2,1H3. The topological polar surface area (TPSA) is 56.5 Å². The first-order chi connectivity index (χ1) is 6.77. The Morgan fingerprint density at radius 1 is 1.64 bits per heavy atom. The van der Waals surface area contributed by atoms with Gasteiger partial charge in [-0.1, -0.05) is 0 Å². The van der Waals surface area contributed by atoms with Crippen molar-refractivity contribution >= 4 is 0 Å². The van der Waals surface area contributed by atoms with E-state index in [4.69, 9.17) is 9.47 Å². The predicted molar refractivity (Wildman–Crippen MR) is 48.7 cm³/mol. The van der Waals surface area contributed by atoms with Crippen LogP contribution >= 0.6 is 0 Å². The summed E-state index contributed by atoms with van der Waals surface area (Å²) in [4.78, 5) is 4.07. The maximum Gasteiger partial charge on any atom is 0.126 e. The molecular formula is C9H14N2O3. The average molecular weight is 198 g/mol. The fourth-order valence-corrected chi connectivity index (χ4v) is 1.46. The van der Waals surface area contributed by atoms with E-state index >= 15 is 0 Å². The molecular weight excluding hydrogens is 184 g/mol. The van der Waals surface area contributed by atoms with Crippen LogP contribution in [0, 0.1) is 0 Å². The molecule has 0 bridgehead atoms. The summed E-state index contributed by atoms with van der Waals surface area (Å²) in [5.41, 5.74) is 0.628. The second-order valence-corrected chi connectivity index (χ2v) is 3.39. The first-order valence-corrected chi connectivity index (χ1v) is 4.62. The summed E-state index contributed by atoms with van der Waals surface area (Å²) >= 11 is 0. The third-order valence-corrected chi connectivity index (χ3v) is 2.22. The molecule has 1 saturated heterocycles. The van der Waals surface area contributed by atoms with Gasteiger partial charge in [0.25, 0.3) is 0 Å². The van der Waals surface area contributed by atoms with Crippen LogP contribution in [-0.2, 0) is 16.5 Å². The third-order valence-electron chi connectivity index (χ3n) is 2.22. The summed E-state index contributed by atoms with van der Waals surface area (Å²) in [7, 11) is 1.86. The summed E-state index contributed by atoms with van der Waals surface area (Å²) < 4.78 is 12.4. The Bertz CT molecular complexity index is 294. The van der Waals surface area contributed by atoms with Crippen molar-refractivity contribution in [2.75, 3.05) is 19.8 Å². The van der Waals surface area contributed by atoms with Crippen molar-refractivity contribution < 1.29 is 14.6 Å². The molecule has 0 aromatic carbocycles. The van der Waals surface area contributed by atoms with Crippen molar-refractivity contribution in [2.45, 2.75) is 12.2 Å². The van der Waals surface area contributed by atoms with Crippen molar-refractivity contribution in [3.8, 4) is 0 Å². The molecule has 14 heavy (non-hydrogen) atoms. The molecule has 1 aliphatic heterocycles. The highest BCUT2D eigenvalue weighted by Gasteiger charge is 2.25. The summed E-state index contributed by atoms with van der Waals surface area (Å²) in [6.45, 7) is 1.57. The molecule has 5 heteroatoms. The van der Waals surface area contributed by atoms with E-state index in [9.17, 15) is 5.11 Å². The first-order valence-electron chi connectivity index (χ1n) is 4.62. The van der Waals surface area contributed by atoms with Crippen molar-refractivity contribution in [1.29, 1.82) is 0 Å². The van der Waals surface area contributed by atoms with Crippen molar-refractivity contribution in [3.63, 3.8) is 0 Å². The number of hydrogen-bond acceptors (Lipinski definition) is 4. The first kappa shape index (κ1) is 9.64. The minimum absolute atomic E-state index is 0.293. The maximum absolute atomic E-state index is 9.88. The van der Waals surface area contributed by atoms with Crippen molar-refractivity contribution in [2.24, 2.45) is 7.05 Å². The van der Waals surface area contributed by atoms with Gasteiger partial charge in [0.1, 0.15) is 12.2 Å². The van der Waals surface area contributed by atoms with Crippen LogP contribution in [0.3, 0.4) is 0 Å². The molecule has 1 aromatic heterocycles. The molecule has 1 aliphatic rings. The van der Waals surface area contributed by atoms with Gasteiger partial charge in [-0.3, -0.25) is 0 Å². The molecule has 1 fully saturated rings. The Kier molecular flexibility index (Phi) is 2.81. The molecule has 2 unspecified atom stereocenters. The van der Waals surface area contributed by atoms with Gasteiger partial charge in [-0.25, -0.2) is 4.98 Å². The van der Waals surface area contributed by atoms with Crippen LogP contribution in [0.1, 0.15) is 11.8 Å². The predicted octanol–water partition coefficient (Wildman–Crippen LogP) is -0.131. The summed E-state index contributed by atoms with van der Waals surface area (Å²) in [5, 5.41) is 9.88. The van der Waals surface area contributed by atoms with Gasteiger partial charge in [0.15, 0.2) is 0 Å². The number of imidazole rings is 1. The van der Waals surface area contributed by atoms with E-state index in [1.54, 1.807) is 17.1 Å². The SMILES string of the molecule is Cn1cnc(C(O)C2COCCO2)c1. The highest BCUT2D eigenvalue weighted by molar-refractivity contribution is 5.03. The van der Waals surface area contributed by atoms with E-state index in [2.05, 4.69) is 4.98 Å². The lowest BCUT2D eigenvalue weighted by Crippen LogP contribution is -2.33. The highest BCUT2D eigenvalue weighted by atomic mass is 16.6. The number of hydrogen-bond donors (Lipinski definition) is 1. The molecule has 0 spiro atoms. The van der Waals surface area contributed by atoms with Crippen LogP contribution in [0.2, 0.25) is 0 Å². The van der Waals surface area contributed by atoms with E-state index in [1.807, 2.05) is 7.05 Å². The maximum atomic E-state index is 9.88. The van der Waals surface area contributed by atoms with Gasteiger partial charge in [-0.2, -0.15) is 0 Å². The summed E-state index contributed by atoms with van der Waals surface area (Å²) in [6.07, 6.45) is 2.44. The number of ether oxygens (including phenoxy) is 2. The highest BCUT2D eigenvalue weighted by Crippen LogP contribution is 2.19. The van der Waals surface area contributed by atoms with Gasteiger partial charge < -0.3 is 19.1 Å². The average Bonchev–Trinajstić information content (AvgIpc) is 2.65. The van der Waals surface area contributed by atoms with Gasteiger partial charge in [0.2, 0.25) is 0 Å². The van der Waals surface area contributed by atoms with Gasteiger partial charge in [0, 0.05) is 13.2 Å². The number of aliphatic hydroxyl groups excluding tert-OH is 1. The smallest absolute Gasteiger partial charge is 0.126 e. The molecule has 2 atom stereocenters. The second-order valence-electron chi connectivity index (χ2n) is 3.39. The number of nitrogens with zero attached hydrogens (tertiary/aromatic N) is 2. The number of aromatic nitrogens is 2. The molecule has 2 heterocycles. The number of rotatable bonds is 2. The largest absolute Gasteiger partial charge is 0.384 e. The second kappa shape index (κ2) is 4.08. The van der Waals surface area contributed by atoms with Crippen LogP contribution in [0.5, 0.6) is 0 Å². The Morgan fingerprint density at radius 2 is 2.50 bits per heavy atom. The number of aryl methyl sites for hydroxylation is 1. The molecule has 1 aromatic rings. The Balaban J connectivity index is 2.03. The Labute approximate surface area is 82.3 Å². The van der Waals surface area contributed by atoms with Crippen molar-refractivity contribution in [3.05, 3.63) is 18.2 Å². The van der Waals surface area contributed by atoms with Crippen LogP contribution in [0.4, 0.5) is 0 Å². The lowest BCUT2D eigenvalue weighted by Gasteiger charge is -2.26. The molecule has 0 radical (unpaired) electrons. The van der Waals surface area contributed by atoms with Crippen LogP contribution in [0.15, 0.2) is 12.5 Å². The van der Waals surface area contributed by atoms with E-state index in [-0.39, 0.29) is 6.10 Å². The zero-order valence-corrected chi connectivity index (χ0v) is 8.09. The van der Waals surface area contributed by atoms with Gasteiger partial charge in [-0.05, 0) is 0 Å². The number of aliphatic hydroxyl groups is 1. The summed E-state index contributed by atoms with van der Waals surface area (Å²) in [6, 6.07) is 0. The van der Waals surface area contributed by atoms with Crippen LogP contribution < -0.4 is 0 Å². The van der Waals surface area contributed by atoms with E-state index in [0.717, 1.165) is 0 Å². The van der Waals surface area contributed by atoms with E-state index < -0.39 is 6.10 Å². The Hall–Kier alpha value is -0.910. The van der Waals surface area contributed by atoms with Crippen molar-refractivity contribution in [1.82, 2.24) is 9.55 Å². The van der Waals surface area contributed by atoms with Gasteiger partial charge in [0.05, 0.1) is 31.8 Å². The molecule has 1 N–H and O–H groups in total. The lowest BCUT2D eigenvalue weighted by molar-refractivity contribution is -0.134. The fourth-order valence-electron chi connectivity index (χ4n) is 1.46. The van der Waals surface area contributed by atoms with E-state index in [1.165, 1.54) is 0 Å². The quantitative estimate of drug-likeness (QED) is 0.719. The fraction of sp³-hybridized carbons (Fsp3) is 0.667. The minimum Gasteiger partial charge on any atom is -0.384 e. The lowest BCUT2D eigenvalue weighted by atomic mass is 10.1. The molecule has 0 aliphatic carbocycles.